The molecule has 0 N–H and O–H groups in total. The lowest BCUT2D eigenvalue weighted by molar-refractivity contribution is -0.127. The molecule has 2 aromatic heterocycles. The van der Waals surface area contributed by atoms with Crippen LogP contribution in [0.15, 0.2) is 53.3 Å². The predicted octanol–water partition coefficient (Wildman–Crippen LogP) is 4.30. The van der Waals surface area contributed by atoms with E-state index in [0.717, 1.165) is 10.8 Å². The number of thiophene rings is 1. The first-order chi connectivity index (χ1) is 12.0. The number of amides is 1. The molecule has 0 saturated carbocycles. The van der Waals surface area contributed by atoms with E-state index in [1.165, 1.54) is 27.8 Å². The van der Waals surface area contributed by atoms with Gasteiger partial charge in [0.25, 0.3) is 0 Å². The Kier molecular flexibility index (Phi) is 5.60. The third kappa shape index (κ3) is 4.32. The van der Waals surface area contributed by atoms with Gasteiger partial charge < -0.3 is 4.90 Å². The Morgan fingerprint density at radius 1 is 1.32 bits per heavy atom. The molecule has 1 aromatic carbocycles. The summed E-state index contributed by atoms with van der Waals surface area (Å²) in [6.45, 7) is 4.82. The molecule has 4 nitrogen and oxygen atoms in total. The number of hydrogen-bond acceptors (Lipinski definition) is 4. The van der Waals surface area contributed by atoms with Crippen LogP contribution in [0.3, 0.4) is 0 Å². The number of aromatic nitrogens is 2. The molecule has 0 aliphatic rings. The second-order valence-electron chi connectivity index (χ2n) is 5.99. The summed E-state index contributed by atoms with van der Waals surface area (Å²) in [4.78, 5) is 19.8. The van der Waals surface area contributed by atoms with Gasteiger partial charge in [0.05, 0.1) is 18.0 Å². The molecule has 6 heteroatoms. The van der Waals surface area contributed by atoms with Crippen molar-refractivity contribution >= 4 is 29.0 Å². The first-order valence-corrected chi connectivity index (χ1v) is 9.91. The van der Waals surface area contributed by atoms with Crippen LogP contribution in [-0.4, -0.2) is 33.2 Å². The highest BCUT2D eigenvalue weighted by atomic mass is 32.2. The monoisotopic (exact) mass is 371 g/mol. The smallest absolute Gasteiger partial charge is 0.233 e. The number of aryl methyl sites for hydroxylation is 2. The first-order valence-electron chi connectivity index (χ1n) is 8.04. The number of imidazole rings is 1. The minimum atomic E-state index is 0.105. The lowest BCUT2D eigenvalue weighted by Gasteiger charge is -2.16. The van der Waals surface area contributed by atoms with Gasteiger partial charge in [0.15, 0.2) is 5.16 Å². The van der Waals surface area contributed by atoms with E-state index in [0.29, 0.717) is 12.3 Å². The molecule has 0 spiro atoms. The molecule has 3 aromatic rings. The molecule has 0 aliphatic heterocycles. The normalized spacial score (nSPS) is 10.8. The van der Waals surface area contributed by atoms with Gasteiger partial charge in [-0.3, -0.25) is 9.36 Å². The molecule has 2 heterocycles. The van der Waals surface area contributed by atoms with Gasteiger partial charge >= 0.3 is 0 Å². The molecule has 0 unspecified atom stereocenters. The fraction of sp³-hybridized carbons (Fsp3) is 0.263. The Labute approximate surface area is 156 Å². The zero-order chi connectivity index (χ0) is 17.8. The van der Waals surface area contributed by atoms with Crippen LogP contribution < -0.4 is 0 Å². The number of benzene rings is 1. The molecule has 130 valence electrons. The lowest BCUT2D eigenvalue weighted by atomic mass is 10.1. The van der Waals surface area contributed by atoms with E-state index >= 15 is 0 Å². The molecule has 25 heavy (non-hydrogen) atoms. The predicted molar refractivity (Wildman–Crippen MR) is 105 cm³/mol. The summed E-state index contributed by atoms with van der Waals surface area (Å²) < 4.78 is 2.06. The molecule has 0 atom stereocenters. The minimum Gasteiger partial charge on any atom is -0.340 e. The van der Waals surface area contributed by atoms with E-state index in [9.17, 15) is 4.79 Å². The van der Waals surface area contributed by atoms with E-state index < -0.39 is 0 Å². The molecular weight excluding hydrogens is 350 g/mol. The van der Waals surface area contributed by atoms with Gasteiger partial charge in [-0.1, -0.05) is 30.0 Å². The second-order valence-corrected chi connectivity index (χ2v) is 7.96. The van der Waals surface area contributed by atoms with Crippen LogP contribution in [0, 0.1) is 13.8 Å². The van der Waals surface area contributed by atoms with Crippen LogP contribution in [0.25, 0.3) is 5.69 Å². The number of rotatable bonds is 6. The Morgan fingerprint density at radius 2 is 2.16 bits per heavy atom. The lowest BCUT2D eigenvalue weighted by Crippen LogP contribution is -2.27. The minimum absolute atomic E-state index is 0.105. The zero-order valence-electron chi connectivity index (χ0n) is 14.6. The zero-order valence-corrected chi connectivity index (χ0v) is 16.2. The fourth-order valence-corrected chi connectivity index (χ4v) is 4.18. The summed E-state index contributed by atoms with van der Waals surface area (Å²) in [5, 5.41) is 2.87. The maximum Gasteiger partial charge on any atom is 0.233 e. The summed E-state index contributed by atoms with van der Waals surface area (Å²) in [6.07, 6.45) is 3.73. The van der Waals surface area contributed by atoms with E-state index in [-0.39, 0.29) is 5.91 Å². The van der Waals surface area contributed by atoms with Crippen molar-refractivity contribution in [2.24, 2.45) is 0 Å². The summed E-state index contributed by atoms with van der Waals surface area (Å²) in [7, 11) is 1.85. The standard InChI is InChI=1S/C19H21N3OS2/c1-14-6-7-15(2)17(11-14)22-9-8-20-19(22)25-13-18(23)21(3)12-16-5-4-10-24-16/h4-11H,12-13H2,1-3H3. The van der Waals surface area contributed by atoms with Crippen molar-refractivity contribution in [3.63, 3.8) is 0 Å². The SMILES string of the molecule is Cc1ccc(C)c(-n2ccnc2SCC(=O)N(C)Cc2cccs2)c1. The highest BCUT2D eigenvalue weighted by Crippen LogP contribution is 2.24. The number of carbonyl (C=O) groups is 1. The molecule has 0 aliphatic carbocycles. The van der Waals surface area contributed by atoms with E-state index in [2.05, 4.69) is 47.7 Å². The van der Waals surface area contributed by atoms with Crippen molar-refractivity contribution in [2.45, 2.75) is 25.5 Å². The maximum absolute atomic E-state index is 12.4. The number of hydrogen-bond donors (Lipinski definition) is 0. The molecule has 0 saturated heterocycles. The number of thioether (sulfide) groups is 1. The van der Waals surface area contributed by atoms with Crippen molar-refractivity contribution < 1.29 is 4.79 Å². The van der Waals surface area contributed by atoms with Crippen LogP contribution in [0.1, 0.15) is 16.0 Å². The largest absolute Gasteiger partial charge is 0.340 e. The second kappa shape index (κ2) is 7.89. The molecule has 0 fully saturated rings. The summed E-state index contributed by atoms with van der Waals surface area (Å²) in [5.41, 5.74) is 3.50. The van der Waals surface area contributed by atoms with Gasteiger partial charge in [-0.25, -0.2) is 4.98 Å². The highest BCUT2D eigenvalue weighted by molar-refractivity contribution is 7.99. The van der Waals surface area contributed by atoms with Crippen molar-refractivity contribution in [3.05, 3.63) is 64.1 Å². The molecule has 0 radical (unpaired) electrons. The summed E-state index contributed by atoms with van der Waals surface area (Å²) in [6, 6.07) is 10.4. The molecule has 1 amide bonds. The topological polar surface area (TPSA) is 38.1 Å². The van der Waals surface area contributed by atoms with Crippen LogP contribution in [0.2, 0.25) is 0 Å². The van der Waals surface area contributed by atoms with Gasteiger partial charge in [-0.15, -0.1) is 11.3 Å². The number of nitrogens with zero attached hydrogens (tertiary/aromatic N) is 3. The molecule has 0 bridgehead atoms. The van der Waals surface area contributed by atoms with Gasteiger partial charge in [0, 0.05) is 24.3 Å². The third-order valence-corrected chi connectivity index (χ3v) is 5.77. The third-order valence-electron chi connectivity index (χ3n) is 3.95. The van der Waals surface area contributed by atoms with Crippen LogP contribution >= 0.6 is 23.1 Å². The average molecular weight is 372 g/mol. The van der Waals surface area contributed by atoms with Gasteiger partial charge in [-0.2, -0.15) is 0 Å². The van der Waals surface area contributed by atoms with E-state index in [1.54, 1.807) is 22.4 Å². The van der Waals surface area contributed by atoms with Gasteiger partial charge in [0.1, 0.15) is 0 Å². The quantitative estimate of drug-likeness (QED) is 0.606. The van der Waals surface area contributed by atoms with Crippen LogP contribution in [0.5, 0.6) is 0 Å². The van der Waals surface area contributed by atoms with Crippen molar-refractivity contribution in [1.82, 2.24) is 14.5 Å². The fourth-order valence-electron chi connectivity index (χ4n) is 2.52. The van der Waals surface area contributed by atoms with Crippen LogP contribution in [-0.2, 0) is 11.3 Å². The first kappa shape index (κ1) is 17.8. The average Bonchev–Trinajstić information content (AvgIpc) is 3.26. The van der Waals surface area contributed by atoms with Crippen molar-refractivity contribution in [3.8, 4) is 5.69 Å². The molecular formula is C19H21N3OS2. The van der Waals surface area contributed by atoms with Crippen LogP contribution in [0.4, 0.5) is 0 Å². The maximum atomic E-state index is 12.4. The van der Waals surface area contributed by atoms with Crippen molar-refractivity contribution in [1.29, 1.82) is 0 Å². The Morgan fingerprint density at radius 3 is 2.92 bits per heavy atom. The van der Waals surface area contributed by atoms with Gasteiger partial charge in [0.2, 0.25) is 5.91 Å². The van der Waals surface area contributed by atoms with Crippen molar-refractivity contribution in [2.75, 3.05) is 12.8 Å². The van der Waals surface area contributed by atoms with E-state index in [4.69, 9.17) is 0 Å². The Balaban J connectivity index is 1.67. The Hall–Kier alpha value is -2.05. The summed E-state index contributed by atoms with van der Waals surface area (Å²) >= 11 is 3.15. The molecule has 3 rings (SSSR count). The van der Waals surface area contributed by atoms with E-state index in [1.807, 2.05) is 24.7 Å². The number of carbonyl (C=O) groups excluding carboxylic acids is 1. The Bertz CT molecular complexity index is 855. The van der Waals surface area contributed by atoms with Gasteiger partial charge in [-0.05, 0) is 42.5 Å². The summed E-state index contributed by atoms with van der Waals surface area (Å²) in [5.74, 6) is 0.484. The highest BCUT2D eigenvalue weighted by Gasteiger charge is 2.14.